The lowest BCUT2D eigenvalue weighted by molar-refractivity contribution is -0.645. The highest BCUT2D eigenvalue weighted by Gasteiger charge is 2.19. The third-order valence-electron chi connectivity index (χ3n) is 3.85. The molecule has 1 atom stereocenters. The zero-order chi connectivity index (χ0) is 18.5. The number of rotatable bonds is 6. The molecule has 0 saturated carbocycles. The topological polar surface area (TPSA) is 68.9 Å². The number of thioether (sulfide) groups is 1. The number of thiazole rings is 1. The number of aryl methyl sites for hydroxylation is 1. The molecule has 3 aromatic rings. The number of anilines is 1. The molecule has 1 N–H and O–H groups in total. The van der Waals surface area contributed by atoms with Crippen LogP contribution in [0.4, 0.5) is 5.13 Å². The van der Waals surface area contributed by atoms with Gasteiger partial charge in [-0.1, -0.05) is 31.2 Å². The molecular weight excluding hydrogens is 366 g/mol. The third kappa shape index (κ3) is 4.42. The average molecular weight is 386 g/mol. The Labute approximate surface area is 160 Å². The van der Waals surface area contributed by atoms with Gasteiger partial charge in [0, 0.05) is 23.1 Å². The zero-order valence-electron chi connectivity index (χ0n) is 14.5. The molecule has 1 aromatic carbocycles. The van der Waals surface area contributed by atoms with E-state index in [9.17, 15) is 10.0 Å². The fraction of sp³-hybridized carbons (Fsp3) is 0.211. The molecule has 3 rings (SSSR count). The molecule has 2 heterocycles. The number of benzene rings is 1. The van der Waals surface area contributed by atoms with Crippen LogP contribution in [0.5, 0.6) is 0 Å². The minimum Gasteiger partial charge on any atom is -0.618 e. The maximum atomic E-state index is 12.4. The lowest BCUT2D eigenvalue weighted by Crippen LogP contribution is -2.30. The molecule has 0 fully saturated rings. The van der Waals surface area contributed by atoms with Crippen LogP contribution >= 0.6 is 23.1 Å². The molecule has 0 bridgehead atoms. The van der Waals surface area contributed by atoms with Gasteiger partial charge in [-0.3, -0.25) is 4.79 Å². The number of amides is 1. The van der Waals surface area contributed by atoms with Crippen molar-refractivity contribution in [2.24, 2.45) is 0 Å². The summed E-state index contributed by atoms with van der Waals surface area (Å²) in [6, 6.07) is 13.4. The standard InChI is InChI=1S/C19H19N3O2S2/c1-3-14-7-9-15(10-8-14)16-12-25-19(20-16)21-18(23)13(2)26-17-6-4-5-11-22(17)24/h4-13H,3H2,1-2H3,(H,20,21,23)/t13-/m0/s1. The highest BCUT2D eigenvalue weighted by atomic mass is 32.2. The van der Waals surface area contributed by atoms with Crippen LogP contribution in [0.15, 0.2) is 59.1 Å². The molecule has 0 unspecified atom stereocenters. The van der Waals surface area contributed by atoms with Crippen molar-refractivity contribution in [2.75, 3.05) is 5.32 Å². The van der Waals surface area contributed by atoms with Gasteiger partial charge < -0.3 is 10.5 Å². The summed E-state index contributed by atoms with van der Waals surface area (Å²) in [6.07, 6.45) is 2.42. The van der Waals surface area contributed by atoms with E-state index in [1.807, 2.05) is 17.5 Å². The van der Waals surface area contributed by atoms with E-state index in [0.717, 1.165) is 22.4 Å². The summed E-state index contributed by atoms with van der Waals surface area (Å²) < 4.78 is 0.760. The number of hydrogen-bond acceptors (Lipinski definition) is 5. The first-order valence-corrected chi connectivity index (χ1v) is 10.0. The van der Waals surface area contributed by atoms with Gasteiger partial charge in [-0.25, -0.2) is 4.98 Å². The molecule has 5 nitrogen and oxygen atoms in total. The van der Waals surface area contributed by atoms with Crippen molar-refractivity contribution < 1.29 is 9.52 Å². The van der Waals surface area contributed by atoms with Gasteiger partial charge in [0.2, 0.25) is 5.91 Å². The minimum absolute atomic E-state index is 0.180. The van der Waals surface area contributed by atoms with Gasteiger partial charge in [0.25, 0.3) is 5.03 Å². The Hall–Kier alpha value is -2.38. The van der Waals surface area contributed by atoms with Crippen LogP contribution in [0.25, 0.3) is 11.3 Å². The van der Waals surface area contributed by atoms with Gasteiger partial charge in [0.05, 0.1) is 10.9 Å². The van der Waals surface area contributed by atoms with E-state index in [0.29, 0.717) is 10.2 Å². The quantitative estimate of drug-likeness (QED) is 0.394. The summed E-state index contributed by atoms with van der Waals surface area (Å²) in [4.78, 5) is 16.9. The van der Waals surface area contributed by atoms with Crippen LogP contribution in [0.1, 0.15) is 19.4 Å². The molecule has 0 radical (unpaired) electrons. The van der Waals surface area contributed by atoms with Crippen molar-refractivity contribution in [3.63, 3.8) is 0 Å². The van der Waals surface area contributed by atoms with Crippen LogP contribution in [0.2, 0.25) is 0 Å². The fourth-order valence-corrected chi connectivity index (χ4v) is 3.89. The van der Waals surface area contributed by atoms with Crippen molar-refractivity contribution in [3.8, 4) is 11.3 Å². The predicted molar refractivity (Wildman–Crippen MR) is 106 cm³/mol. The molecule has 0 saturated heterocycles. The molecule has 7 heteroatoms. The van der Waals surface area contributed by atoms with Crippen LogP contribution in [-0.4, -0.2) is 16.1 Å². The Bertz CT molecular complexity index is 894. The molecule has 0 aliphatic rings. The molecule has 0 spiro atoms. The highest BCUT2D eigenvalue weighted by Crippen LogP contribution is 2.26. The van der Waals surface area contributed by atoms with E-state index < -0.39 is 5.25 Å². The van der Waals surface area contributed by atoms with E-state index in [4.69, 9.17) is 0 Å². The Morgan fingerprint density at radius 2 is 2.08 bits per heavy atom. The molecule has 0 aliphatic heterocycles. The SMILES string of the molecule is CCc1ccc(-c2csc(NC(=O)[C@H](C)Sc3cccc[n+]3[O-])n2)cc1. The van der Waals surface area contributed by atoms with Crippen molar-refractivity contribution in [1.29, 1.82) is 0 Å². The summed E-state index contributed by atoms with van der Waals surface area (Å²) in [7, 11) is 0. The monoisotopic (exact) mass is 385 g/mol. The summed E-state index contributed by atoms with van der Waals surface area (Å²) >= 11 is 2.61. The summed E-state index contributed by atoms with van der Waals surface area (Å²) in [5.74, 6) is -0.180. The molecule has 1 amide bonds. The van der Waals surface area contributed by atoms with Gasteiger partial charge in [-0.15, -0.1) is 11.3 Å². The molecule has 134 valence electrons. The smallest absolute Gasteiger partial charge is 0.252 e. The second kappa shape index (κ2) is 8.33. The number of hydrogen-bond donors (Lipinski definition) is 1. The summed E-state index contributed by atoms with van der Waals surface area (Å²) in [5.41, 5.74) is 3.15. The van der Waals surface area contributed by atoms with Crippen molar-refractivity contribution in [3.05, 3.63) is 64.8 Å². The minimum atomic E-state index is -0.409. The molecule has 2 aromatic heterocycles. The Morgan fingerprint density at radius 3 is 2.77 bits per heavy atom. The van der Waals surface area contributed by atoms with Crippen LogP contribution < -0.4 is 10.0 Å². The number of nitrogens with one attached hydrogen (secondary N) is 1. The first-order chi connectivity index (χ1) is 12.6. The van der Waals surface area contributed by atoms with E-state index in [2.05, 4.69) is 29.4 Å². The van der Waals surface area contributed by atoms with E-state index in [1.54, 1.807) is 25.1 Å². The van der Waals surface area contributed by atoms with Crippen LogP contribution in [-0.2, 0) is 11.2 Å². The van der Waals surface area contributed by atoms with Crippen LogP contribution in [0, 0.1) is 5.21 Å². The number of nitrogens with zero attached hydrogens (tertiary/aromatic N) is 2. The largest absolute Gasteiger partial charge is 0.618 e. The average Bonchev–Trinajstić information content (AvgIpc) is 3.12. The van der Waals surface area contributed by atoms with E-state index in [-0.39, 0.29) is 5.91 Å². The van der Waals surface area contributed by atoms with E-state index >= 15 is 0 Å². The van der Waals surface area contributed by atoms with Crippen molar-refractivity contribution in [2.45, 2.75) is 30.5 Å². The fourth-order valence-electron chi connectivity index (χ4n) is 2.32. The number of pyridine rings is 1. The van der Waals surface area contributed by atoms with Crippen molar-refractivity contribution in [1.82, 2.24) is 4.98 Å². The Balaban J connectivity index is 1.64. The normalized spacial score (nSPS) is 11.9. The predicted octanol–water partition coefficient (Wildman–Crippen LogP) is 4.13. The number of aromatic nitrogens is 2. The lowest BCUT2D eigenvalue weighted by Gasteiger charge is -2.09. The van der Waals surface area contributed by atoms with Gasteiger partial charge in [-0.2, -0.15) is 4.73 Å². The highest BCUT2D eigenvalue weighted by molar-refractivity contribution is 8.00. The number of carbonyl (C=O) groups excluding carboxylic acids is 1. The maximum absolute atomic E-state index is 12.4. The van der Waals surface area contributed by atoms with Gasteiger partial charge >= 0.3 is 0 Å². The van der Waals surface area contributed by atoms with Gasteiger partial charge in [-0.05, 0) is 36.7 Å². The van der Waals surface area contributed by atoms with Crippen molar-refractivity contribution >= 4 is 34.1 Å². The third-order valence-corrected chi connectivity index (χ3v) is 5.73. The number of carbonyl (C=O) groups is 1. The Morgan fingerprint density at radius 1 is 1.31 bits per heavy atom. The first-order valence-electron chi connectivity index (χ1n) is 8.27. The van der Waals surface area contributed by atoms with Crippen LogP contribution in [0.3, 0.4) is 0 Å². The maximum Gasteiger partial charge on any atom is 0.252 e. The van der Waals surface area contributed by atoms with Gasteiger partial charge in [0.1, 0.15) is 0 Å². The molecule has 26 heavy (non-hydrogen) atoms. The van der Waals surface area contributed by atoms with E-state index in [1.165, 1.54) is 34.9 Å². The summed E-state index contributed by atoms with van der Waals surface area (Å²) in [5, 5.41) is 17.1. The second-order valence-electron chi connectivity index (χ2n) is 5.70. The first kappa shape index (κ1) is 18.4. The summed E-state index contributed by atoms with van der Waals surface area (Å²) in [6.45, 7) is 3.89. The van der Waals surface area contributed by atoms with Gasteiger partial charge in [0.15, 0.2) is 11.3 Å². The molecule has 0 aliphatic carbocycles. The zero-order valence-corrected chi connectivity index (χ0v) is 16.1. The molecular formula is C19H19N3O2S2. The lowest BCUT2D eigenvalue weighted by atomic mass is 10.1. The Kier molecular flexibility index (Phi) is 5.90. The second-order valence-corrected chi connectivity index (χ2v) is 7.92.